The molecule has 0 radical (unpaired) electrons. The summed E-state index contributed by atoms with van der Waals surface area (Å²) in [5.41, 5.74) is 8.60. The molecule has 1 aromatic carbocycles. The predicted octanol–water partition coefficient (Wildman–Crippen LogP) is 3.52. The SMILES string of the molecule is CC1(C(=N)N)CCN(Cc2ccc(C(C)(C)C)cc2)CC1. The summed E-state index contributed by atoms with van der Waals surface area (Å²) < 4.78 is 0. The highest BCUT2D eigenvalue weighted by molar-refractivity contribution is 5.83. The van der Waals surface area contributed by atoms with Crippen LogP contribution in [-0.2, 0) is 12.0 Å². The van der Waals surface area contributed by atoms with Crippen molar-refractivity contribution in [3.63, 3.8) is 0 Å². The average Bonchev–Trinajstić information content (AvgIpc) is 2.41. The van der Waals surface area contributed by atoms with E-state index in [-0.39, 0.29) is 10.8 Å². The number of hydrogen-bond acceptors (Lipinski definition) is 2. The lowest BCUT2D eigenvalue weighted by atomic mass is 9.79. The van der Waals surface area contributed by atoms with Crippen LogP contribution < -0.4 is 5.73 Å². The summed E-state index contributed by atoms with van der Waals surface area (Å²) in [6.45, 7) is 11.9. The van der Waals surface area contributed by atoms with Gasteiger partial charge in [-0.25, -0.2) is 0 Å². The maximum Gasteiger partial charge on any atom is 0.0966 e. The maximum absolute atomic E-state index is 7.71. The monoisotopic (exact) mass is 287 g/mol. The number of hydrogen-bond donors (Lipinski definition) is 2. The van der Waals surface area contributed by atoms with E-state index in [1.165, 1.54) is 11.1 Å². The molecule has 116 valence electrons. The standard InChI is InChI=1S/C18H29N3/c1-17(2,3)15-7-5-14(6-8-15)13-21-11-9-18(4,10-12-21)16(19)20/h5-8H,9-13H2,1-4H3,(H3,19,20). The zero-order chi connectivity index (χ0) is 15.7. The molecule has 0 aliphatic carbocycles. The lowest BCUT2D eigenvalue weighted by molar-refractivity contribution is 0.156. The molecule has 21 heavy (non-hydrogen) atoms. The lowest BCUT2D eigenvalue weighted by Gasteiger charge is -2.38. The zero-order valence-electron chi connectivity index (χ0n) is 13.9. The van der Waals surface area contributed by atoms with Crippen LogP contribution in [0.1, 0.15) is 51.7 Å². The number of nitrogens with two attached hydrogens (primary N) is 1. The van der Waals surface area contributed by atoms with Gasteiger partial charge in [-0.05, 0) is 42.5 Å². The van der Waals surface area contributed by atoms with Gasteiger partial charge in [0, 0.05) is 12.0 Å². The molecule has 3 nitrogen and oxygen atoms in total. The first kappa shape index (κ1) is 16.0. The van der Waals surface area contributed by atoms with Crippen LogP contribution in [0.25, 0.3) is 0 Å². The summed E-state index contributed by atoms with van der Waals surface area (Å²) >= 11 is 0. The number of amidine groups is 1. The molecule has 3 heteroatoms. The summed E-state index contributed by atoms with van der Waals surface area (Å²) in [6, 6.07) is 9.00. The third-order valence-corrected chi connectivity index (χ3v) is 4.84. The molecule has 0 spiro atoms. The van der Waals surface area contributed by atoms with Crippen LogP contribution in [-0.4, -0.2) is 23.8 Å². The highest BCUT2D eigenvalue weighted by Crippen LogP contribution is 2.31. The van der Waals surface area contributed by atoms with Crippen molar-refractivity contribution in [2.45, 2.75) is 52.5 Å². The Morgan fingerprint density at radius 3 is 2.14 bits per heavy atom. The molecular weight excluding hydrogens is 258 g/mol. The third-order valence-electron chi connectivity index (χ3n) is 4.84. The van der Waals surface area contributed by atoms with Gasteiger partial charge in [-0.1, -0.05) is 52.0 Å². The van der Waals surface area contributed by atoms with E-state index in [9.17, 15) is 0 Å². The van der Waals surface area contributed by atoms with Gasteiger partial charge in [0.2, 0.25) is 0 Å². The Labute approximate surface area is 129 Å². The molecule has 0 aromatic heterocycles. The van der Waals surface area contributed by atoms with E-state index in [4.69, 9.17) is 11.1 Å². The largest absolute Gasteiger partial charge is 0.387 e. The van der Waals surface area contributed by atoms with Crippen molar-refractivity contribution in [1.29, 1.82) is 5.41 Å². The van der Waals surface area contributed by atoms with Crippen molar-refractivity contribution < 1.29 is 0 Å². The summed E-state index contributed by atoms with van der Waals surface area (Å²) in [5, 5.41) is 7.71. The van der Waals surface area contributed by atoms with Gasteiger partial charge in [-0.15, -0.1) is 0 Å². The van der Waals surface area contributed by atoms with Gasteiger partial charge >= 0.3 is 0 Å². The molecule has 1 heterocycles. The predicted molar refractivity (Wildman–Crippen MR) is 89.7 cm³/mol. The number of nitrogens with zero attached hydrogens (tertiary/aromatic N) is 1. The van der Waals surface area contributed by atoms with Gasteiger partial charge in [0.05, 0.1) is 5.84 Å². The molecule has 1 saturated heterocycles. The van der Waals surface area contributed by atoms with E-state index in [2.05, 4.69) is 56.9 Å². The fraction of sp³-hybridized carbons (Fsp3) is 0.611. The highest BCUT2D eigenvalue weighted by Gasteiger charge is 2.32. The van der Waals surface area contributed by atoms with E-state index in [1.807, 2.05) is 0 Å². The smallest absolute Gasteiger partial charge is 0.0966 e. The molecule has 2 rings (SSSR count). The van der Waals surface area contributed by atoms with Gasteiger partial charge in [0.25, 0.3) is 0 Å². The minimum absolute atomic E-state index is 0.0907. The second-order valence-corrected chi connectivity index (χ2v) is 7.70. The minimum atomic E-state index is -0.0907. The van der Waals surface area contributed by atoms with E-state index < -0.39 is 0 Å². The molecule has 0 amide bonds. The van der Waals surface area contributed by atoms with E-state index >= 15 is 0 Å². The van der Waals surface area contributed by atoms with Crippen molar-refractivity contribution in [2.24, 2.45) is 11.1 Å². The lowest BCUT2D eigenvalue weighted by Crippen LogP contribution is -2.44. The average molecular weight is 287 g/mol. The van der Waals surface area contributed by atoms with Gasteiger partial charge in [-0.2, -0.15) is 0 Å². The first-order chi connectivity index (χ1) is 9.71. The Bertz CT molecular complexity index is 488. The van der Waals surface area contributed by atoms with Gasteiger partial charge in [0.1, 0.15) is 0 Å². The fourth-order valence-electron chi connectivity index (χ4n) is 2.84. The first-order valence-corrected chi connectivity index (χ1v) is 7.87. The summed E-state index contributed by atoms with van der Waals surface area (Å²) in [6.07, 6.45) is 1.98. The Kier molecular flexibility index (Phi) is 4.43. The van der Waals surface area contributed by atoms with Gasteiger partial charge in [0.15, 0.2) is 0 Å². The molecule has 1 aliphatic heterocycles. The number of rotatable bonds is 3. The summed E-state index contributed by atoms with van der Waals surface area (Å²) in [5.74, 6) is 0.344. The van der Waals surface area contributed by atoms with Crippen LogP contribution in [0.5, 0.6) is 0 Å². The summed E-state index contributed by atoms with van der Waals surface area (Å²) in [4.78, 5) is 2.47. The Morgan fingerprint density at radius 1 is 1.19 bits per heavy atom. The molecule has 0 unspecified atom stereocenters. The van der Waals surface area contributed by atoms with Crippen LogP contribution in [0.2, 0.25) is 0 Å². The van der Waals surface area contributed by atoms with E-state index in [1.54, 1.807) is 0 Å². The molecule has 0 bridgehead atoms. The van der Waals surface area contributed by atoms with Crippen molar-refractivity contribution in [3.8, 4) is 0 Å². The minimum Gasteiger partial charge on any atom is -0.387 e. The van der Waals surface area contributed by atoms with Crippen molar-refractivity contribution in [1.82, 2.24) is 4.90 Å². The highest BCUT2D eigenvalue weighted by atomic mass is 15.1. The van der Waals surface area contributed by atoms with Crippen LogP contribution >= 0.6 is 0 Å². The zero-order valence-corrected chi connectivity index (χ0v) is 13.9. The van der Waals surface area contributed by atoms with Crippen molar-refractivity contribution in [2.75, 3.05) is 13.1 Å². The Balaban J connectivity index is 1.94. The van der Waals surface area contributed by atoms with Gasteiger partial charge < -0.3 is 5.73 Å². The third kappa shape index (κ3) is 3.85. The molecule has 3 N–H and O–H groups in total. The van der Waals surface area contributed by atoms with Crippen molar-refractivity contribution in [3.05, 3.63) is 35.4 Å². The quantitative estimate of drug-likeness (QED) is 0.660. The molecular formula is C18H29N3. The Hall–Kier alpha value is -1.35. The number of nitrogens with one attached hydrogen (secondary N) is 1. The second-order valence-electron chi connectivity index (χ2n) is 7.70. The number of likely N-dealkylation sites (tertiary alicyclic amines) is 1. The van der Waals surface area contributed by atoms with E-state index in [0.717, 1.165) is 32.5 Å². The van der Waals surface area contributed by atoms with Crippen molar-refractivity contribution >= 4 is 5.84 Å². The topological polar surface area (TPSA) is 53.1 Å². The van der Waals surface area contributed by atoms with Crippen LogP contribution in [0.15, 0.2) is 24.3 Å². The molecule has 0 atom stereocenters. The number of piperidine rings is 1. The van der Waals surface area contributed by atoms with Crippen LogP contribution in [0.3, 0.4) is 0 Å². The normalized spacial score (nSPS) is 19.4. The molecule has 1 aliphatic rings. The van der Waals surface area contributed by atoms with Crippen LogP contribution in [0.4, 0.5) is 0 Å². The van der Waals surface area contributed by atoms with Gasteiger partial charge in [-0.3, -0.25) is 10.3 Å². The molecule has 0 saturated carbocycles. The maximum atomic E-state index is 7.71. The fourth-order valence-corrected chi connectivity index (χ4v) is 2.84. The van der Waals surface area contributed by atoms with Crippen LogP contribution in [0, 0.1) is 10.8 Å². The second kappa shape index (κ2) is 5.80. The number of benzene rings is 1. The van der Waals surface area contributed by atoms with E-state index in [0.29, 0.717) is 5.84 Å². The molecule has 1 fully saturated rings. The first-order valence-electron chi connectivity index (χ1n) is 7.87. The summed E-state index contributed by atoms with van der Waals surface area (Å²) in [7, 11) is 0. The Morgan fingerprint density at radius 2 is 1.71 bits per heavy atom. The molecule has 1 aromatic rings.